The lowest BCUT2D eigenvalue weighted by atomic mass is 10.1. The van der Waals surface area contributed by atoms with Crippen LogP contribution in [0, 0.1) is 12.4 Å². The molecule has 4 nitrogen and oxygen atoms in total. The van der Waals surface area contributed by atoms with Crippen molar-refractivity contribution < 1.29 is 13.9 Å². The van der Waals surface area contributed by atoms with Gasteiger partial charge in [0, 0.05) is 12.1 Å². The van der Waals surface area contributed by atoms with Gasteiger partial charge in [-0.05, 0) is 6.07 Å². The van der Waals surface area contributed by atoms with Gasteiger partial charge < -0.3 is 14.8 Å². The lowest BCUT2D eigenvalue weighted by Crippen LogP contribution is -2.31. The first-order valence-electron chi connectivity index (χ1n) is 4.66. The zero-order valence-corrected chi connectivity index (χ0v) is 8.37. The summed E-state index contributed by atoms with van der Waals surface area (Å²) in [6, 6.07) is 1.31. The predicted molar refractivity (Wildman–Crippen MR) is 51.7 cm³/mol. The number of pyridine rings is 1. The van der Waals surface area contributed by atoms with Crippen LogP contribution in [0.3, 0.4) is 0 Å². The molecule has 1 radical (unpaired) electrons. The molecule has 1 atom stereocenters. The molecule has 1 aliphatic heterocycles. The van der Waals surface area contributed by atoms with Gasteiger partial charge >= 0.3 is 0 Å². The van der Waals surface area contributed by atoms with Crippen LogP contribution in [0.25, 0.3) is 0 Å². The zero-order chi connectivity index (χ0) is 10.7. The summed E-state index contributed by atoms with van der Waals surface area (Å²) in [6.07, 6.45) is 1.13. The fourth-order valence-corrected chi connectivity index (χ4v) is 1.53. The Morgan fingerprint density at radius 2 is 2.53 bits per heavy atom. The van der Waals surface area contributed by atoms with Crippen LogP contribution in [0.15, 0.2) is 12.3 Å². The van der Waals surface area contributed by atoms with E-state index in [9.17, 15) is 4.39 Å². The summed E-state index contributed by atoms with van der Waals surface area (Å²) in [7, 11) is 1.51. The highest BCUT2D eigenvalue weighted by molar-refractivity contribution is 5.30. The number of hydrogen-bond acceptors (Lipinski definition) is 4. The molecule has 0 saturated carbocycles. The predicted octanol–water partition coefficient (Wildman–Crippen LogP) is 1.05. The van der Waals surface area contributed by atoms with E-state index < -0.39 is 0 Å². The van der Waals surface area contributed by atoms with Gasteiger partial charge in [0.25, 0.3) is 0 Å². The normalized spacial score (nSPS) is 21.3. The second-order valence-electron chi connectivity index (χ2n) is 3.21. The molecule has 1 N–H and O–H groups in total. The molecule has 0 amide bonds. The SMILES string of the molecule is COc1ncc(F)cc1C1COC[CH]N1. The van der Waals surface area contributed by atoms with Crippen molar-refractivity contribution in [1.82, 2.24) is 10.3 Å². The number of methoxy groups -OCH3 is 1. The number of rotatable bonds is 2. The van der Waals surface area contributed by atoms with Crippen LogP contribution >= 0.6 is 0 Å². The maximum atomic E-state index is 13.0. The van der Waals surface area contributed by atoms with Gasteiger partial charge in [-0.25, -0.2) is 9.37 Å². The van der Waals surface area contributed by atoms with Crippen LogP contribution in [0.5, 0.6) is 5.88 Å². The third-order valence-corrected chi connectivity index (χ3v) is 2.22. The van der Waals surface area contributed by atoms with E-state index in [1.807, 2.05) is 0 Å². The maximum absolute atomic E-state index is 13.0. The number of ether oxygens (including phenoxy) is 2. The summed E-state index contributed by atoms with van der Waals surface area (Å²) in [4.78, 5) is 3.87. The van der Waals surface area contributed by atoms with Crippen LogP contribution in [-0.2, 0) is 4.74 Å². The van der Waals surface area contributed by atoms with Gasteiger partial charge in [-0.3, -0.25) is 0 Å². The van der Waals surface area contributed by atoms with Crippen molar-refractivity contribution in [3.8, 4) is 5.88 Å². The molecule has 1 saturated heterocycles. The zero-order valence-electron chi connectivity index (χ0n) is 8.37. The van der Waals surface area contributed by atoms with Gasteiger partial charge in [0.15, 0.2) is 0 Å². The molecule has 0 bridgehead atoms. The molecule has 2 heterocycles. The van der Waals surface area contributed by atoms with Crippen molar-refractivity contribution in [3.05, 3.63) is 30.2 Å². The number of hydrogen-bond donors (Lipinski definition) is 1. The van der Waals surface area contributed by atoms with E-state index >= 15 is 0 Å². The third kappa shape index (κ3) is 2.24. The Balaban J connectivity index is 2.27. The first-order chi connectivity index (χ1) is 7.31. The lowest BCUT2D eigenvalue weighted by molar-refractivity contribution is 0.0955. The highest BCUT2D eigenvalue weighted by Gasteiger charge is 2.20. The molecule has 1 unspecified atom stereocenters. The summed E-state index contributed by atoms with van der Waals surface area (Å²) in [5.74, 6) is 0.0472. The van der Waals surface area contributed by atoms with Gasteiger partial charge in [-0.1, -0.05) is 0 Å². The van der Waals surface area contributed by atoms with Crippen LogP contribution < -0.4 is 10.1 Å². The molecular weight excluding hydrogens is 199 g/mol. The number of aromatic nitrogens is 1. The van der Waals surface area contributed by atoms with Crippen molar-refractivity contribution >= 4 is 0 Å². The summed E-state index contributed by atoms with van der Waals surface area (Å²) in [5.41, 5.74) is 0.674. The second-order valence-corrected chi connectivity index (χ2v) is 3.21. The topological polar surface area (TPSA) is 43.4 Å². The second kappa shape index (κ2) is 4.55. The Kier molecular flexibility index (Phi) is 3.13. The lowest BCUT2D eigenvalue weighted by Gasteiger charge is -2.24. The number of morpholine rings is 1. The van der Waals surface area contributed by atoms with Gasteiger partial charge in [-0.15, -0.1) is 0 Å². The molecule has 1 aromatic rings. The average Bonchev–Trinajstić information content (AvgIpc) is 2.30. The Labute approximate surface area is 87.4 Å². The molecule has 2 rings (SSSR count). The number of nitrogens with zero attached hydrogens (tertiary/aromatic N) is 1. The molecule has 81 valence electrons. The molecule has 5 heteroatoms. The van der Waals surface area contributed by atoms with E-state index in [0.717, 1.165) is 6.20 Å². The first kappa shape index (κ1) is 10.3. The van der Waals surface area contributed by atoms with E-state index in [4.69, 9.17) is 9.47 Å². The minimum absolute atomic E-state index is 0.100. The van der Waals surface area contributed by atoms with Crippen molar-refractivity contribution in [2.45, 2.75) is 6.04 Å². The highest BCUT2D eigenvalue weighted by Crippen LogP contribution is 2.25. The van der Waals surface area contributed by atoms with Crippen LogP contribution in [-0.4, -0.2) is 25.3 Å². The van der Waals surface area contributed by atoms with E-state index in [2.05, 4.69) is 10.3 Å². The highest BCUT2D eigenvalue weighted by atomic mass is 19.1. The fraction of sp³-hybridized carbons (Fsp3) is 0.400. The van der Waals surface area contributed by atoms with E-state index in [0.29, 0.717) is 24.7 Å². The van der Waals surface area contributed by atoms with Crippen LogP contribution in [0.1, 0.15) is 11.6 Å². The number of nitrogens with one attached hydrogen (secondary N) is 1. The summed E-state index contributed by atoms with van der Waals surface area (Å²) in [5, 5.41) is 3.10. The van der Waals surface area contributed by atoms with E-state index in [1.165, 1.54) is 13.2 Å². The van der Waals surface area contributed by atoms with Crippen molar-refractivity contribution in [1.29, 1.82) is 0 Å². The molecule has 0 aromatic carbocycles. The van der Waals surface area contributed by atoms with Crippen LogP contribution in [0.4, 0.5) is 4.39 Å². The van der Waals surface area contributed by atoms with Crippen molar-refractivity contribution in [3.63, 3.8) is 0 Å². The minimum Gasteiger partial charge on any atom is -0.481 e. The van der Waals surface area contributed by atoms with Gasteiger partial charge in [0.1, 0.15) is 5.82 Å². The Hall–Kier alpha value is -1.20. The Morgan fingerprint density at radius 1 is 1.67 bits per heavy atom. The van der Waals surface area contributed by atoms with Crippen molar-refractivity contribution in [2.24, 2.45) is 0 Å². The largest absolute Gasteiger partial charge is 0.481 e. The maximum Gasteiger partial charge on any atom is 0.218 e. The van der Waals surface area contributed by atoms with E-state index in [-0.39, 0.29) is 11.9 Å². The van der Waals surface area contributed by atoms with Gasteiger partial charge in [0.2, 0.25) is 5.88 Å². The van der Waals surface area contributed by atoms with E-state index in [1.54, 1.807) is 6.54 Å². The van der Waals surface area contributed by atoms with Crippen molar-refractivity contribution in [2.75, 3.05) is 20.3 Å². The third-order valence-electron chi connectivity index (χ3n) is 2.22. The molecule has 1 aliphatic rings. The Morgan fingerprint density at radius 3 is 3.20 bits per heavy atom. The molecule has 0 spiro atoms. The monoisotopic (exact) mass is 211 g/mol. The molecular formula is C10H12FN2O2. The summed E-state index contributed by atoms with van der Waals surface area (Å²) >= 11 is 0. The fourth-order valence-electron chi connectivity index (χ4n) is 1.53. The van der Waals surface area contributed by atoms with Gasteiger partial charge in [-0.2, -0.15) is 0 Å². The molecule has 1 fully saturated rings. The Bertz CT molecular complexity index is 340. The van der Waals surface area contributed by atoms with Gasteiger partial charge in [0.05, 0.1) is 32.6 Å². The average molecular weight is 211 g/mol. The quantitative estimate of drug-likeness (QED) is 0.794. The smallest absolute Gasteiger partial charge is 0.218 e. The molecule has 1 aromatic heterocycles. The molecule has 0 aliphatic carbocycles. The minimum atomic E-state index is -0.377. The summed E-state index contributed by atoms with van der Waals surface area (Å²) in [6.45, 7) is 2.83. The standard InChI is InChI=1S/C10H12FN2O2/c1-14-10-8(4-7(11)5-13-10)9-6-15-3-2-12-9/h2,4-5,9,12H,3,6H2,1H3. The molecule has 15 heavy (non-hydrogen) atoms. The first-order valence-corrected chi connectivity index (χ1v) is 4.66. The number of halogens is 1. The summed E-state index contributed by atoms with van der Waals surface area (Å²) < 4.78 is 23.4. The van der Waals surface area contributed by atoms with Crippen LogP contribution in [0.2, 0.25) is 0 Å².